The summed E-state index contributed by atoms with van der Waals surface area (Å²) in [5.41, 5.74) is 7.59. The number of para-hydroxylation sites is 1. The second-order valence-corrected chi connectivity index (χ2v) is 5.67. The van der Waals surface area contributed by atoms with Crippen LogP contribution in [-0.2, 0) is 0 Å². The Hall–Kier alpha value is -1.06. The van der Waals surface area contributed by atoms with E-state index in [1.165, 1.54) is 12.1 Å². The van der Waals surface area contributed by atoms with Crippen LogP contribution in [0, 0.1) is 5.92 Å². The summed E-state index contributed by atoms with van der Waals surface area (Å²) >= 11 is 0. The van der Waals surface area contributed by atoms with Crippen LogP contribution < -0.4 is 10.6 Å². The zero-order valence-electron chi connectivity index (χ0n) is 12.3. The molecule has 0 bridgehead atoms. The molecular formula is C16H27N3. The van der Waals surface area contributed by atoms with Crippen molar-refractivity contribution >= 4 is 5.69 Å². The minimum atomic E-state index is 0.313. The van der Waals surface area contributed by atoms with Crippen LogP contribution in [0.1, 0.15) is 20.3 Å². The SMILES string of the molecule is CCC(C)[C@H](N)CN1CCN(c2ccccc2)CC1. The molecule has 0 aromatic heterocycles. The van der Waals surface area contributed by atoms with E-state index >= 15 is 0 Å². The molecule has 0 aliphatic carbocycles. The van der Waals surface area contributed by atoms with Crippen LogP contribution in [0.25, 0.3) is 0 Å². The molecule has 0 saturated carbocycles. The second-order valence-electron chi connectivity index (χ2n) is 5.67. The number of rotatable bonds is 5. The number of nitrogens with zero attached hydrogens (tertiary/aromatic N) is 2. The summed E-state index contributed by atoms with van der Waals surface area (Å²) in [7, 11) is 0. The molecule has 106 valence electrons. The molecule has 2 N–H and O–H groups in total. The molecule has 1 aliphatic heterocycles. The van der Waals surface area contributed by atoms with E-state index in [0.717, 1.165) is 32.7 Å². The van der Waals surface area contributed by atoms with E-state index in [-0.39, 0.29) is 0 Å². The van der Waals surface area contributed by atoms with Gasteiger partial charge >= 0.3 is 0 Å². The number of nitrogens with two attached hydrogens (primary N) is 1. The molecule has 2 rings (SSSR count). The van der Waals surface area contributed by atoms with Gasteiger partial charge in [-0.2, -0.15) is 0 Å². The monoisotopic (exact) mass is 261 g/mol. The maximum atomic E-state index is 6.25. The highest BCUT2D eigenvalue weighted by Crippen LogP contribution is 2.16. The highest BCUT2D eigenvalue weighted by Gasteiger charge is 2.20. The number of hydrogen-bond donors (Lipinski definition) is 1. The highest BCUT2D eigenvalue weighted by atomic mass is 15.3. The Morgan fingerprint density at radius 1 is 1.11 bits per heavy atom. The van der Waals surface area contributed by atoms with E-state index in [4.69, 9.17) is 5.73 Å². The summed E-state index contributed by atoms with van der Waals surface area (Å²) in [6.07, 6.45) is 1.17. The minimum Gasteiger partial charge on any atom is -0.369 e. The molecule has 2 atom stereocenters. The standard InChI is InChI=1S/C16H27N3/c1-3-14(2)16(17)13-18-9-11-19(12-10-18)15-7-5-4-6-8-15/h4-8,14,16H,3,9-13,17H2,1-2H3/t14?,16-/m1/s1. The zero-order chi connectivity index (χ0) is 13.7. The molecule has 1 aromatic carbocycles. The van der Waals surface area contributed by atoms with Gasteiger partial charge in [-0.25, -0.2) is 0 Å². The fourth-order valence-electron chi connectivity index (χ4n) is 2.61. The Balaban J connectivity index is 1.80. The Bertz CT molecular complexity index is 358. The van der Waals surface area contributed by atoms with Gasteiger partial charge in [0.25, 0.3) is 0 Å². The van der Waals surface area contributed by atoms with Gasteiger partial charge < -0.3 is 10.6 Å². The number of hydrogen-bond acceptors (Lipinski definition) is 3. The lowest BCUT2D eigenvalue weighted by molar-refractivity contribution is 0.220. The van der Waals surface area contributed by atoms with Crippen molar-refractivity contribution in [3.63, 3.8) is 0 Å². The Labute approximate surface area is 117 Å². The summed E-state index contributed by atoms with van der Waals surface area (Å²) < 4.78 is 0. The summed E-state index contributed by atoms with van der Waals surface area (Å²) in [5, 5.41) is 0. The van der Waals surface area contributed by atoms with Crippen LogP contribution in [0.15, 0.2) is 30.3 Å². The van der Waals surface area contributed by atoms with E-state index < -0.39 is 0 Å². The first-order valence-corrected chi connectivity index (χ1v) is 7.48. The van der Waals surface area contributed by atoms with Gasteiger partial charge in [-0.15, -0.1) is 0 Å². The van der Waals surface area contributed by atoms with E-state index in [9.17, 15) is 0 Å². The molecule has 3 heteroatoms. The van der Waals surface area contributed by atoms with Gasteiger partial charge in [0.15, 0.2) is 0 Å². The number of piperazine rings is 1. The predicted octanol–water partition coefficient (Wildman–Crippen LogP) is 2.18. The molecule has 0 radical (unpaired) electrons. The molecule has 1 fully saturated rings. The smallest absolute Gasteiger partial charge is 0.0367 e. The molecule has 1 heterocycles. The number of benzene rings is 1. The summed E-state index contributed by atoms with van der Waals surface area (Å²) in [4.78, 5) is 4.97. The van der Waals surface area contributed by atoms with E-state index in [1.54, 1.807) is 0 Å². The normalized spacial score (nSPS) is 20.3. The van der Waals surface area contributed by atoms with Crippen LogP contribution in [-0.4, -0.2) is 43.7 Å². The van der Waals surface area contributed by atoms with Crippen molar-refractivity contribution in [1.29, 1.82) is 0 Å². The molecule has 1 unspecified atom stereocenters. The van der Waals surface area contributed by atoms with Gasteiger partial charge in [-0.05, 0) is 18.1 Å². The lowest BCUT2D eigenvalue weighted by Gasteiger charge is -2.37. The molecule has 1 aromatic rings. The zero-order valence-corrected chi connectivity index (χ0v) is 12.3. The van der Waals surface area contributed by atoms with Crippen LogP contribution in [0.3, 0.4) is 0 Å². The molecule has 19 heavy (non-hydrogen) atoms. The average Bonchev–Trinajstić information content (AvgIpc) is 2.48. The molecule has 1 saturated heterocycles. The highest BCUT2D eigenvalue weighted by molar-refractivity contribution is 5.46. The largest absolute Gasteiger partial charge is 0.369 e. The first-order valence-electron chi connectivity index (χ1n) is 7.48. The van der Waals surface area contributed by atoms with Gasteiger partial charge in [0.2, 0.25) is 0 Å². The van der Waals surface area contributed by atoms with Gasteiger partial charge in [0, 0.05) is 44.5 Å². The van der Waals surface area contributed by atoms with Crippen molar-refractivity contribution in [3.05, 3.63) is 30.3 Å². The predicted molar refractivity (Wildman–Crippen MR) is 82.5 cm³/mol. The van der Waals surface area contributed by atoms with Crippen LogP contribution in [0.5, 0.6) is 0 Å². The third kappa shape index (κ3) is 3.95. The van der Waals surface area contributed by atoms with Crippen molar-refractivity contribution in [2.75, 3.05) is 37.6 Å². The summed E-state index contributed by atoms with van der Waals surface area (Å²) in [6.45, 7) is 9.98. The maximum Gasteiger partial charge on any atom is 0.0367 e. The first kappa shape index (κ1) is 14.4. The van der Waals surface area contributed by atoms with Crippen molar-refractivity contribution in [3.8, 4) is 0 Å². The molecule has 0 spiro atoms. The Kier molecular flexibility index (Phi) is 5.23. The maximum absolute atomic E-state index is 6.25. The van der Waals surface area contributed by atoms with Gasteiger partial charge in [0.05, 0.1) is 0 Å². The van der Waals surface area contributed by atoms with E-state index in [1.807, 2.05) is 0 Å². The van der Waals surface area contributed by atoms with Gasteiger partial charge in [-0.1, -0.05) is 38.5 Å². The molecule has 0 amide bonds. The lowest BCUT2D eigenvalue weighted by Crippen LogP contribution is -2.51. The van der Waals surface area contributed by atoms with Crippen LogP contribution in [0.4, 0.5) is 5.69 Å². The summed E-state index contributed by atoms with van der Waals surface area (Å²) in [5.74, 6) is 0.618. The average molecular weight is 261 g/mol. The Morgan fingerprint density at radius 2 is 1.74 bits per heavy atom. The Morgan fingerprint density at radius 3 is 2.32 bits per heavy atom. The number of anilines is 1. The van der Waals surface area contributed by atoms with Crippen LogP contribution in [0.2, 0.25) is 0 Å². The van der Waals surface area contributed by atoms with Crippen molar-refractivity contribution < 1.29 is 0 Å². The summed E-state index contributed by atoms with van der Waals surface area (Å²) in [6, 6.07) is 11.0. The molecular weight excluding hydrogens is 234 g/mol. The first-order chi connectivity index (χ1) is 9.20. The van der Waals surface area contributed by atoms with Crippen LogP contribution >= 0.6 is 0 Å². The third-order valence-electron chi connectivity index (χ3n) is 4.34. The lowest BCUT2D eigenvalue weighted by atomic mass is 9.99. The van der Waals surface area contributed by atoms with Gasteiger partial charge in [-0.3, -0.25) is 4.90 Å². The minimum absolute atomic E-state index is 0.313. The van der Waals surface area contributed by atoms with Crippen molar-refractivity contribution in [2.45, 2.75) is 26.3 Å². The van der Waals surface area contributed by atoms with Gasteiger partial charge in [0.1, 0.15) is 0 Å². The quantitative estimate of drug-likeness (QED) is 0.882. The third-order valence-corrected chi connectivity index (χ3v) is 4.34. The topological polar surface area (TPSA) is 32.5 Å². The molecule has 1 aliphatic rings. The fraction of sp³-hybridized carbons (Fsp3) is 0.625. The van der Waals surface area contributed by atoms with E-state index in [0.29, 0.717) is 12.0 Å². The molecule has 3 nitrogen and oxygen atoms in total. The fourth-order valence-corrected chi connectivity index (χ4v) is 2.61. The van der Waals surface area contributed by atoms with E-state index in [2.05, 4.69) is 54.0 Å². The van der Waals surface area contributed by atoms with Crippen molar-refractivity contribution in [2.24, 2.45) is 11.7 Å². The van der Waals surface area contributed by atoms with Crippen molar-refractivity contribution in [1.82, 2.24) is 4.90 Å². The second kappa shape index (κ2) is 6.92.